The molecule has 0 aliphatic heterocycles. The minimum Gasteiger partial charge on any atom is -0.485 e. The van der Waals surface area contributed by atoms with Crippen LogP contribution >= 0.6 is 11.3 Å². The van der Waals surface area contributed by atoms with Crippen molar-refractivity contribution in [3.63, 3.8) is 0 Å². The van der Waals surface area contributed by atoms with Gasteiger partial charge in [0, 0.05) is 12.5 Å². The standard InChI is InChI=1S/C13H11N5O3S/c1-8-15-11(18-21-8)6-20-10-4-2-9(3-5-10)12(19)16-13-17-14-7-22-13/h2-5,7H,6H2,1H3,(H,16,17,19). The summed E-state index contributed by atoms with van der Waals surface area (Å²) in [7, 11) is 0. The maximum absolute atomic E-state index is 12.0. The first-order valence-electron chi connectivity index (χ1n) is 6.30. The molecule has 0 fully saturated rings. The van der Waals surface area contributed by atoms with E-state index < -0.39 is 0 Å². The minimum atomic E-state index is -0.253. The molecule has 2 aromatic heterocycles. The Labute approximate surface area is 129 Å². The number of aryl methyl sites for hydroxylation is 1. The summed E-state index contributed by atoms with van der Waals surface area (Å²) < 4.78 is 10.4. The normalized spacial score (nSPS) is 10.4. The van der Waals surface area contributed by atoms with E-state index in [4.69, 9.17) is 9.26 Å². The predicted octanol–water partition coefficient (Wildman–Crippen LogP) is 2.06. The fourth-order valence-corrected chi connectivity index (χ4v) is 2.09. The van der Waals surface area contributed by atoms with Gasteiger partial charge in [0.25, 0.3) is 5.91 Å². The monoisotopic (exact) mass is 317 g/mol. The third-order valence-electron chi connectivity index (χ3n) is 2.63. The van der Waals surface area contributed by atoms with Crippen LogP contribution in [0.1, 0.15) is 22.1 Å². The molecule has 3 rings (SSSR count). The highest BCUT2D eigenvalue weighted by atomic mass is 32.1. The van der Waals surface area contributed by atoms with E-state index in [1.807, 2.05) is 0 Å². The van der Waals surface area contributed by atoms with E-state index in [2.05, 4.69) is 25.7 Å². The number of carbonyl (C=O) groups is 1. The highest BCUT2D eigenvalue weighted by Gasteiger charge is 2.08. The quantitative estimate of drug-likeness (QED) is 0.768. The van der Waals surface area contributed by atoms with Crippen molar-refractivity contribution in [2.45, 2.75) is 13.5 Å². The third-order valence-corrected chi connectivity index (χ3v) is 3.24. The molecule has 0 spiro atoms. The van der Waals surface area contributed by atoms with Crippen LogP contribution in [0, 0.1) is 6.92 Å². The first-order valence-corrected chi connectivity index (χ1v) is 7.18. The van der Waals surface area contributed by atoms with Crippen molar-refractivity contribution in [2.75, 3.05) is 5.32 Å². The van der Waals surface area contributed by atoms with Crippen LogP contribution in [-0.2, 0) is 6.61 Å². The topological polar surface area (TPSA) is 103 Å². The molecule has 0 saturated heterocycles. The molecule has 1 N–H and O–H groups in total. The van der Waals surface area contributed by atoms with Crippen LogP contribution < -0.4 is 10.1 Å². The number of nitrogens with zero attached hydrogens (tertiary/aromatic N) is 4. The molecular formula is C13H11N5O3S. The second-order valence-electron chi connectivity index (χ2n) is 4.24. The van der Waals surface area contributed by atoms with Crippen molar-refractivity contribution in [1.29, 1.82) is 0 Å². The van der Waals surface area contributed by atoms with Crippen LogP contribution in [-0.4, -0.2) is 26.2 Å². The number of carbonyl (C=O) groups excluding carboxylic acids is 1. The molecule has 0 saturated carbocycles. The van der Waals surface area contributed by atoms with Crippen LogP contribution in [0.15, 0.2) is 34.3 Å². The molecule has 0 unspecified atom stereocenters. The number of nitrogens with one attached hydrogen (secondary N) is 1. The molecule has 0 aliphatic carbocycles. The van der Waals surface area contributed by atoms with E-state index >= 15 is 0 Å². The fourth-order valence-electron chi connectivity index (χ4n) is 1.65. The van der Waals surface area contributed by atoms with E-state index in [1.165, 1.54) is 11.3 Å². The van der Waals surface area contributed by atoms with Crippen molar-refractivity contribution in [1.82, 2.24) is 20.3 Å². The van der Waals surface area contributed by atoms with Gasteiger partial charge in [0.2, 0.25) is 16.8 Å². The van der Waals surface area contributed by atoms with Crippen LogP contribution in [0.3, 0.4) is 0 Å². The van der Waals surface area contributed by atoms with Gasteiger partial charge in [-0.05, 0) is 24.3 Å². The molecule has 0 atom stereocenters. The Bertz CT molecular complexity index is 754. The summed E-state index contributed by atoms with van der Waals surface area (Å²) in [5.74, 6) is 1.31. The minimum absolute atomic E-state index is 0.202. The van der Waals surface area contributed by atoms with Gasteiger partial charge in [0.15, 0.2) is 6.61 Å². The molecule has 0 radical (unpaired) electrons. The van der Waals surface area contributed by atoms with Gasteiger partial charge >= 0.3 is 0 Å². The zero-order valence-electron chi connectivity index (χ0n) is 11.5. The van der Waals surface area contributed by atoms with Gasteiger partial charge in [-0.3, -0.25) is 10.1 Å². The second-order valence-corrected chi connectivity index (χ2v) is 5.07. The Morgan fingerprint density at radius 2 is 2.18 bits per heavy atom. The van der Waals surface area contributed by atoms with Gasteiger partial charge in [-0.2, -0.15) is 4.98 Å². The Morgan fingerprint density at radius 1 is 1.36 bits per heavy atom. The smallest absolute Gasteiger partial charge is 0.257 e. The first kappa shape index (κ1) is 14.1. The SMILES string of the molecule is Cc1nc(COc2ccc(C(=O)Nc3nncs3)cc2)no1. The zero-order chi connectivity index (χ0) is 15.4. The molecule has 1 amide bonds. The number of hydrogen-bond donors (Lipinski definition) is 1. The summed E-state index contributed by atoms with van der Waals surface area (Å²) >= 11 is 1.26. The van der Waals surface area contributed by atoms with Gasteiger partial charge < -0.3 is 9.26 Å². The predicted molar refractivity (Wildman–Crippen MR) is 77.7 cm³/mol. The molecule has 1 aromatic carbocycles. The molecule has 112 valence electrons. The van der Waals surface area contributed by atoms with E-state index in [1.54, 1.807) is 36.7 Å². The lowest BCUT2D eigenvalue weighted by molar-refractivity contribution is 0.102. The Kier molecular flexibility index (Phi) is 4.05. The van der Waals surface area contributed by atoms with Gasteiger partial charge in [0.05, 0.1) is 0 Å². The molecule has 3 aromatic rings. The van der Waals surface area contributed by atoms with Crippen LogP contribution in [0.25, 0.3) is 0 Å². The van der Waals surface area contributed by atoms with Crippen molar-refractivity contribution in [3.8, 4) is 5.75 Å². The van der Waals surface area contributed by atoms with E-state index in [0.29, 0.717) is 28.2 Å². The maximum atomic E-state index is 12.0. The number of ether oxygens (including phenoxy) is 1. The Morgan fingerprint density at radius 3 is 2.82 bits per heavy atom. The number of aromatic nitrogens is 4. The summed E-state index contributed by atoms with van der Waals surface area (Å²) in [5, 5.41) is 14.2. The zero-order valence-corrected chi connectivity index (χ0v) is 12.3. The van der Waals surface area contributed by atoms with Crippen molar-refractivity contribution < 1.29 is 14.1 Å². The third kappa shape index (κ3) is 3.44. The lowest BCUT2D eigenvalue weighted by Gasteiger charge is -2.05. The van der Waals surface area contributed by atoms with Crippen molar-refractivity contribution in [2.24, 2.45) is 0 Å². The van der Waals surface area contributed by atoms with Gasteiger partial charge in [-0.25, -0.2) is 0 Å². The number of anilines is 1. The summed E-state index contributed by atoms with van der Waals surface area (Å²) in [5.41, 5.74) is 2.05. The highest BCUT2D eigenvalue weighted by molar-refractivity contribution is 7.13. The average Bonchev–Trinajstić information content (AvgIpc) is 3.17. The molecular weight excluding hydrogens is 306 g/mol. The van der Waals surface area contributed by atoms with E-state index in [9.17, 15) is 4.79 Å². The maximum Gasteiger partial charge on any atom is 0.257 e. The lowest BCUT2D eigenvalue weighted by Crippen LogP contribution is -2.11. The molecule has 8 nitrogen and oxygen atoms in total. The van der Waals surface area contributed by atoms with Crippen LogP contribution in [0.5, 0.6) is 5.75 Å². The van der Waals surface area contributed by atoms with Gasteiger partial charge in [-0.15, -0.1) is 10.2 Å². The summed E-state index contributed by atoms with van der Waals surface area (Å²) in [4.78, 5) is 16.0. The molecule has 22 heavy (non-hydrogen) atoms. The van der Waals surface area contributed by atoms with E-state index in [-0.39, 0.29) is 12.5 Å². The Balaban J connectivity index is 1.58. The van der Waals surface area contributed by atoms with Gasteiger partial charge in [0.1, 0.15) is 11.3 Å². The van der Waals surface area contributed by atoms with E-state index in [0.717, 1.165) is 0 Å². The lowest BCUT2D eigenvalue weighted by atomic mass is 10.2. The second kappa shape index (κ2) is 6.31. The molecule has 2 heterocycles. The highest BCUT2D eigenvalue weighted by Crippen LogP contribution is 2.15. The van der Waals surface area contributed by atoms with Crippen molar-refractivity contribution >= 4 is 22.4 Å². The number of rotatable bonds is 5. The molecule has 9 heteroatoms. The number of benzene rings is 1. The van der Waals surface area contributed by atoms with Crippen LogP contribution in [0.4, 0.5) is 5.13 Å². The summed E-state index contributed by atoms with van der Waals surface area (Å²) in [6.45, 7) is 1.91. The first-order chi connectivity index (χ1) is 10.7. The Hall–Kier alpha value is -2.81. The largest absolute Gasteiger partial charge is 0.485 e. The number of amides is 1. The summed E-state index contributed by atoms with van der Waals surface area (Å²) in [6, 6.07) is 6.71. The molecule has 0 aliphatic rings. The average molecular weight is 317 g/mol. The summed E-state index contributed by atoms with van der Waals surface area (Å²) in [6.07, 6.45) is 0. The van der Waals surface area contributed by atoms with Crippen LogP contribution in [0.2, 0.25) is 0 Å². The van der Waals surface area contributed by atoms with Gasteiger partial charge in [-0.1, -0.05) is 16.5 Å². The molecule has 0 bridgehead atoms. The fraction of sp³-hybridized carbons (Fsp3) is 0.154. The number of hydrogen-bond acceptors (Lipinski definition) is 8. The van der Waals surface area contributed by atoms with Crippen molar-refractivity contribution in [3.05, 3.63) is 47.1 Å².